The summed E-state index contributed by atoms with van der Waals surface area (Å²) >= 11 is 1.73. The number of carboxylic acids is 2. The molecule has 0 bridgehead atoms. The maximum Gasteiger partial charge on any atom is 0.328 e. The van der Waals surface area contributed by atoms with Gasteiger partial charge in [-0.05, 0) is 39.3 Å². The van der Waals surface area contributed by atoms with Crippen molar-refractivity contribution in [3.8, 4) is 10.8 Å². The number of ether oxygens (including phenoxy) is 1. The van der Waals surface area contributed by atoms with Gasteiger partial charge in [0, 0.05) is 49.8 Å². The summed E-state index contributed by atoms with van der Waals surface area (Å²) in [5, 5.41) is 16.6. The molecule has 0 spiro atoms. The first-order chi connectivity index (χ1) is 15.7. The summed E-state index contributed by atoms with van der Waals surface area (Å²) < 4.78 is 6.26. The van der Waals surface area contributed by atoms with Crippen LogP contribution in [0.1, 0.15) is 10.4 Å². The maximum absolute atomic E-state index is 9.55. The number of hydrogen-bond donors (Lipinski definition) is 2. The van der Waals surface area contributed by atoms with Crippen molar-refractivity contribution >= 4 is 34.8 Å². The third kappa shape index (κ3) is 7.39. The van der Waals surface area contributed by atoms with E-state index in [1.807, 2.05) is 24.3 Å². The first-order valence-corrected chi connectivity index (χ1v) is 11.3. The highest BCUT2D eigenvalue weighted by Crippen LogP contribution is 2.42. The van der Waals surface area contributed by atoms with E-state index in [0.29, 0.717) is 12.2 Å². The highest BCUT2D eigenvalue weighted by atomic mass is 32.1. The first kappa shape index (κ1) is 27.0. The zero-order chi connectivity index (χ0) is 24.0. The molecule has 3 heterocycles. The van der Waals surface area contributed by atoms with Crippen molar-refractivity contribution in [3.05, 3.63) is 52.9 Å². The molecule has 0 amide bonds. The lowest BCUT2D eigenvalue weighted by Gasteiger charge is -2.34. The highest BCUT2D eigenvalue weighted by Gasteiger charge is 2.27. The van der Waals surface area contributed by atoms with Gasteiger partial charge >= 0.3 is 11.9 Å². The topological polar surface area (TPSA) is 137 Å². The van der Waals surface area contributed by atoms with E-state index in [1.54, 1.807) is 11.3 Å². The van der Waals surface area contributed by atoms with Gasteiger partial charge in [0.2, 0.25) is 0 Å². The Morgan fingerprint density at radius 1 is 1.12 bits per heavy atom. The molecule has 0 aliphatic carbocycles. The van der Waals surface area contributed by atoms with Crippen molar-refractivity contribution < 1.29 is 30.0 Å². The molecule has 1 saturated heterocycles. The Balaban J connectivity index is 0.000000394. The van der Waals surface area contributed by atoms with Crippen LogP contribution in [0, 0.1) is 0 Å². The van der Waals surface area contributed by atoms with Crippen molar-refractivity contribution in [2.45, 2.75) is 6.54 Å². The minimum Gasteiger partial charge on any atom is -0.478 e. The lowest BCUT2D eigenvalue weighted by atomic mass is 10.2. The molecule has 2 aliphatic heterocycles. The Morgan fingerprint density at radius 2 is 1.74 bits per heavy atom. The van der Waals surface area contributed by atoms with E-state index in [9.17, 15) is 9.59 Å². The normalized spacial score (nSPS) is 15.2. The lowest BCUT2D eigenvalue weighted by molar-refractivity contribution is -0.134. The van der Waals surface area contributed by atoms with E-state index in [1.165, 1.54) is 4.88 Å². The summed E-state index contributed by atoms with van der Waals surface area (Å²) in [5.74, 6) is -0.625. The predicted octanol–water partition coefficient (Wildman–Crippen LogP) is 2.13. The van der Waals surface area contributed by atoms with Gasteiger partial charge in [-0.15, -0.1) is 11.3 Å². The van der Waals surface area contributed by atoms with Gasteiger partial charge in [0.1, 0.15) is 11.5 Å². The van der Waals surface area contributed by atoms with E-state index >= 15 is 0 Å². The van der Waals surface area contributed by atoms with E-state index in [-0.39, 0.29) is 5.48 Å². The van der Waals surface area contributed by atoms with E-state index < -0.39 is 11.9 Å². The van der Waals surface area contributed by atoms with Crippen LogP contribution in [0.5, 0.6) is 10.8 Å². The van der Waals surface area contributed by atoms with Crippen LogP contribution >= 0.6 is 11.3 Å². The monoisotopic (exact) mass is 490 g/mol. The number of amidine groups is 1. The van der Waals surface area contributed by atoms with Crippen LogP contribution in [0.15, 0.2) is 47.5 Å². The number of piperazine rings is 1. The molecule has 34 heavy (non-hydrogen) atoms. The molecule has 1 fully saturated rings. The number of hydrogen-bond acceptors (Lipinski definition) is 8. The molecule has 11 heteroatoms. The molecular formula is C23H30N4O6S. The molecule has 1 aromatic carbocycles. The SMILES string of the molecule is CN(C)Cc1cc2c(s1)Oc1ccccc1N=C2N1CCN(C)CC1.O.O=C(O)C=CC(=O)O. The van der Waals surface area contributed by atoms with Crippen molar-refractivity contribution in [1.82, 2.24) is 14.7 Å². The van der Waals surface area contributed by atoms with Crippen LogP contribution in [0.25, 0.3) is 0 Å². The molecule has 4 N–H and O–H groups in total. The highest BCUT2D eigenvalue weighted by molar-refractivity contribution is 7.14. The second kappa shape index (κ2) is 12.3. The second-order valence-corrected chi connectivity index (χ2v) is 9.06. The van der Waals surface area contributed by atoms with Gasteiger partial charge in [0.05, 0.1) is 5.56 Å². The fourth-order valence-electron chi connectivity index (χ4n) is 3.36. The molecule has 4 rings (SSSR count). The van der Waals surface area contributed by atoms with Crippen molar-refractivity contribution in [3.63, 3.8) is 0 Å². The van der Waals surface area contributed by atoms with Gasteiger partial charge in [-0.3, -0.25) is 0 Å². The number of likely N-dealkylation sites (N-methyl/N-ethyl adjacent to an activating group) is 1. The molecule has 184 valence electrons. The molecule has 10 nitrogen and oxygen atoms in total. The summed E-state index contributed by atoms with van der Waals surface area (Å²) in [6.45, 7) is 5.03. The smallest absolute Gasteiger partial charge is 0.328 e. The standard InChI is InChI=1S/C19H24N4OS.C4H4O4.H2O/c1-21(2)13-14-12-15-18(23-10-8-22(3)9-11-23)20-16-6-4-5-7-17(16)24-19(15)25-14;5-3(6)1-2-4(7)8;/h4-7,12H,8-11,13H2,1-3H3;1-2H,(H,5,6)(H,7,8);1H2. The number of benzene rings is 1. The number of aliphatic imine (C=N–C) groups is 1. The number of thiophene rings is 1. The number of rotatable bonds is 4. The summed E-state index contributed by atoms with van der Waals surface area (Å²) in [4.78, 5) is 32.4. The van der Waals surface area contributed by atoms with E-state index in [0.717, 1.165) is 60.6 Å². The van der Waals surface area contributed by atoms with Gasteiger partial charge in [0.25, 0.3) is 0 Å². The number of fused-ring (bicyclic) bond motifs is 2. The number of carbonyl (C=O) groups is 2. The average molecular weight is 491 g/mol. The lowest BCUT2D eigenvalue weighted by Crippen LogP contribution is -2.47. The van der Waals surface area contributed by atoms with Crippen LogP contribution in [0.3, 0.4) is 0 Å². The minimum atomic E-state index is -1.26. The average Bonchev–Trinajstić information content (AvgIpc) is 3.06. The molecule has 1 aromatic heterocycles. The van der Waals surface area contributed by atoms with Crippen molar-refractivity contribution in [2.24, 2.45) is 4.99 Å². The Hall–Kier alpha value is -3.25. The third-order valence-corrected chi connectivity index (χ3v) is 5.93. The summed E-state index contributed by atoms with van der Waals surface area (Å²) in [7, 11) is 6.36. The number of para-hydroxylation sites is 2. The van der Waals surface area contributed by atoms with Crippen LogP contribution in [0.2, 0.25) is 0 Å². The maximum atomic E-state index is 9.55. The molecule has 2 aliphatic rings. The molecule has 2 aromatic rings. The summed E-state index contributed by atoms with van der Waals surface area (Å²) in [5.41, 5.74) is 2.04. The van der Waals surface area contributed by atoms with Gasteiger partial charge < -0.3 is 35.1 Å². The zero-order valence-corrected chi connectivity index (χ0v) is 20.2. The Bertz CT molecular complexity index is 1040. The van der Waals surface area contributed by atoms with Crippen molar-refractivity contribution in [1.29, 1.82) is 0 Å². The first-order valence-electron chi connectivity index (χ1n) is 10.4. The van der Waals surface area contributed by atoms with Gasteiger partial charge in [-0.25, -0.2) is 14.6 Å². The fourth-order valence-corrected chi connectivity index (χ4v) is 4.49. The Labute approximate surface area is 202 Å². The van der Waals surface area contributed by atoms with Gasteiger partial charge in [-0.2, -0.15) is 0 Å². The second-order valence-electron chi connectivity index (χ2n) is 7.96. The molecule has 0 atom stereocenters. The van der Waals surface area contributed by atoms with Crippen LogP contribution in [-0.4, -0.2) is 95.5 Å². The minimum absolute atomic E-state index is 0. The van der Waals surface area contributed by atoms with Gasteiger partial charge in [-0.1, -0.05) is 12.1 Å². The molecule has 0 radical (unpaired) electrons. The summed E-state index contributed by atoms with van der Waals surface area (Å²) in [6.07, 6.45) is 1.12. The quantitative estimate of drug-likeness (QED) is 0.622. The van der Waals surface area contributed by atoms with E-state index in [4.69, 9.17) is 19.9 Å². The number of carboxylic acid groups (broad SMARTS) is 2. The predicted molar refractivity (Wildman–Crippen MR) is 132 cm³/mol. The Morgan fingerprint density at radius 3 is 2.32 bits per heavy atom. The van der Waals surface area contributed by atoms with Crippen LogP contribution < -0.4 is 4.74 Å². The van der Waals surface area contributed by atoms with Crippen LogP contribution in [-0.2, 0) is 16.1 Å². The largest absolute Gasteiger partial charge is 0.478 e. The zero-order valence-electron chi connectivity index (χ0n) is 19.4. The molecular weight excluding hydrogens is 460 g/mol. The van der Waals surface area contributed by atoms with Gasteiger partial charge in [0.15, 0.2) is 10.8 Å². The Kier molecular flexibility index (Phi) is 9.75. The van der Waals surface area contributed by atoms with E-state index in [2.05, 4.69) is 41.9 Å². The number of nitrogens with zero attached hydrogens (tertiary/aromatic N) is 4. The molecule has 0 unspecified atom stereocenters. The van der Waals surface area contributed by atoms with Crippen LogP contribution in [0.4, 0.5) is 5.69 Å². The third-order valence-electron chi connectivity index (χ3n) is 4.93. The number of aliphatic carboxylic acids is 2. The molecule has 0 saturated carbocycles. The summed E-state index contributed by atoms with van der Waals surface area (Å²) in [6, 6.07) is 10.3. The fraction of sp³-hybridized carbons (Fsp3) is 0.348. The van der Waals surface area contributed by atoms with Crippen molar-refractivity contribution in [2.75, 3.05) is 47.3 Å².